The van der Waals surface area contributed by atoms with Crippen molar-refractivity contribution in [3.05, 3.63) is 11.9 Å². The van der Waals surface area contributed by atoms with Gasteiger partial charge in [-0.1, -0.05) is 13.3 Å². The van der Waals surface area contributed by atoms with Crippen LogP contribution in [0.1, 0.15) is 32.0 Å². The van der Waals surface area contributed by atoms with Crippen LogP contribution in [0.2, 0.25) is 0 Å². The van der Waals surface area contributed by atoms with Gasteiger partial charge < -0.3 is 15.4 Å². The van der Waals surface area contributed by atoms with Crippen LogP contribution in [0, 0.1) is 5.41 Å². The molecular formula is C13H22N4O. The lowest BCUT2D eigenvalue weighted by molar-refractivity contribution is 0.177. The zero-order chi connectivity index (χ0) is 13.0. The minimum atomic E-state index is 0.432. The maximum atomic E-state index is 5.08. The van der Waals surface area contributed by atoms with Crippen LogP contribution >= 0.6 is 0 Å². The fourth-order valence-electron chi connectivity index (χ4n) is 2.17. The topological polar surface area (TPSA) is 59.1 Å². The van der Waals surface area contributed by atoms with Crippen molar-refractivity contribution < 1.29 is 4.74 Å². The molecular weight excluding hydrogens is 228 g/mol. The van der Waals surface area contributed by atoms with Crippen molar-refractivity contribution in [2.24, 2.45) is 5.41 Å². The zero-order valence-corrected chi connectivity index (χ0v) is 11.4. The van der Waals surface area contributed by atoms with E-state index in [1.54, 1.807) is 7.11 Å². The molecule has 1 aliphatic rings. The molecule has 0 atom stereocenters. The summed E-state index contributed by atoms with van der Waals surface area (Å²) in [6.07, 6.45) is 3.95. The Morgan fingerprint density at radius 2 is 2.06 bits per heavy atom. The smallest absolute Gasteiger partial charge is 0.158 e. The van der Waals surface area contributed by atoms with Gasteiger partial charge in [-0.3, -0.25) is 0 Å². The number of aromatic nitrogens is 2. The van der Waals surface area contributed by atoms with E-state index in [0.717, 1.165) is 18.2 Å². The number of methoxy groups -OCH3 is 1. The molecule has 1 saturated carbocycles. The Balaban J connectivity index is 2.03. The molecule has 5 nitrogen and oxygen atoms in total. The number of nitrogens with zero attached hydrogens (tertiary/aromatic N) is 2. The second-order valence-corrected chi connectivity index (χ2v) is 5.26. The summed E-state index contributed by atoms with van der Waals surface area (Å²) < 4.78 is 5.08. The van der Waals surface area contributed by atoms with Crippen LogP contribution in [0.4, 0.5) is 11.6 Å². The lowest BCUT2D eigenvalue weighted by atomic mass is 9.70. The minimum absolute atomic E-state index is 0.432. The number of hydrogen-bond donors (Lipinski definition) is 2. The van der Waals surface area contributed by atoms with Gasteiger partial charge in [0.05, 0.1) is 0 Å². The summed E-state index contributed by atoms with van der Waals surface area (Å²) >= 11 is 0. The molecule has 1 aliphatic carbocycles. The predicted octanol–water partition coefficient (Wildman–Crippen LogP) is 2.27. The average molecular weight is 250 g/mol. The summed E-state index contributed by atoms with van der Waals surface area (Å²) in [5, 5.41) is 6.46. The van der Waals surface area contributed by atoms with Crippen LogP contribution in [0.25, 0.3) is 0 Å². The Morgan fingerprint density at radius 3 is 2.61 bits per heavy atom. The Kier molecular flexibility index (Phi) is 4.01. The number of nitrogens with one attached hydrogen (secondary N) is 2. The van der Waals surface area contributed by atoms with E-state index in [2.05, 4.69) is 27.5 Å². The summed E-state index contributed by atoms with van der Waals surface area (Å²) in [6, 6.07) is 1.93. The van der Waals surface area contributed by atoms with Crippen LogP contribution in [-0.2, 0) is 11.3 Å². The van der Waals surface area contributed by atoms with Gasteiger partial charge in [-0.05, 0) is 18.3 Å². The van der Waals surface area contributed by atoms with E-state index >= 15 is 0 Å². The Bertz CT molecular complexity index is 404. The molecule has 18 heavy (non-hydrogen) atoms. The molecule has 0 bridgehead atoms. The molecule has 0 unspecified atom stereocenters. The molecule has 0 saturated heterocycles. The van der Waals surface area contributed by atoms with Gasteiger partial charge in [-0.2, -0.15) is 0 Å². The molecule has 0 aromatic carbocycles. The molecule has 2 N–H and O–H groups in total. The lowest BCUT2D eigenvalue weighted by Gasteiger charge is -2.38. The maximum absolute atomic E-state index is 5.08. The fourth-order valence-corrected chi connectivity index (χ4v) is 2.17. The molecule has 1 heterocycles. The molecule has 1 aromatic heterocycles. The molecule has 0 amide bonds. The summed E-state index contributed by atoms with van der Waals surface area (Å²) in [5.74, 6) is 2.39. The lowest BCUT2D eigenvalue weighted by Crippen LogP contribution is -2.33. The van der Waals surface area contributed by atoms with E-state index in [0.29, 0.717) is 17.8 Å². The summed E-state index contributed by atoms with van der Waals surface area (Å²) in [5.41, 5.74) is 0.437. The Hall–Kier alpha value is -1.36. The first kappa shape index (κ1) is 13.1. The standard InChI is InChI=1S/C13H22N4O/c1-13(5-4-6-13)9-15-11-7-10(14-2)16-12(17-11)8-18-3/h7H,4-6,8-9H2,1-3H3,(H2,14,15,16,17). The summed E-state index contributed by atoms with van der Waals surface area (Å²) in [7, 11) is 3.51. The molecule has 1 aromatic rings. The van der Waals surface area contributed by atoms with Gasteiger partial charge in [-0.25, -0.2) is 9.97 Å². The largest absolute Gasteiger partial charge is 0.377 e. The highest BCUT2D eigenvalue weighted by atomic mass is 16.5. The average Bonchev–Trinajstić information content (AvgIpc) is 2.34. The quantitative estimate of drug-likeness (QED) is 0.811. The molecule has 5 heteroatoms. The highest BCUT2D eigenvalue weighted by Crippen LogP contribution is 2.40. The van der Waals surface area contributed by atoms with Gasteiger partial charge in [0.15, 0.2) is 5.82 Å². The Labute approximate surface area is 108 Å². The molecule has 1 fully saturated rings. The van der Waals surface area contributed by atoms with E-state index in [1.807, 2.05) is 13.1 Å². The number of anilines is 2. The summed E-state index contributed by atoms with van der Waals surface area (Å²) in [4.78, 5) is 8.78. The van der Waals surface area contributed by atoms with Crippen molar-refractivity contribution in [1.29, 1.82) is 0 Å². The second kappa shape index (κ2) is 5.52. The third kappa shape index (κ3) is 3.10. The van der Waals surface area contributed by atoms with Crippen LogP contribution in [0.15, 0.2) is 6.07 Å². The third-order valence-electron chi connectivity index (χ3n) is 3.56. The molecule has 2 rings (SSSR count). The highest BCUT2D eigenvalue weighted by molar-refractivity contribution is 5.47. The van der Waals surface area contributed by atoms with Crippen LogP contribution < -0.4 is 10.6 Å². The van der Waals surface area contributed by atoms with E-state index in [4.69, 9.17) is 4.74 Å². The number of rotatable bonds is 6. The minimum Gasteiger partial charge on any atom is -0.377 e. The fraction of sp³-hybridized carbons (Fsp3) is 0.692. The highest BCUT2D eigenvalue weighted by Gasteiger charge is 2.31. The Morgan fingerprint density at radius 1 is 1.33 bits per heavy atom. The van der Waals surface area contributed by atoms with Crippen molar-refractivity contribution in [2.75, 3.05) is 31.3 Å². The second-order valence-electron chi connectivity index (χ2n) is 5.26. The van der Waals surface area contributed by atoms with Gasteiger partial charge in [0.2, 0.25) is 0 Å². The third-order valence-corrected chi connectivity index (χ3v) is 3.56. The van der Waals surface area contributed by atoms with Crippen LogP contribution in [0.5, 0.6) is 0 Å². The van der Waals surface area contributed by atoms with Crippen molar-refractivity contribution in [3.8, 4) is 0 Å². The van der Waals surface area contributed by atoms with Crippen LogP contribution in [0.3, 0.4) is 0 Å². The molecule has 0 spiro atoms. The first-order valence-electron chi connectivity index (χ1n) is 6.44. The maximum Gasteiger partial charge on any atom is 0.158 e. The first-order valence-corrected chi connectivity index (χ1v) is 6.44. The molecule has 0 aliphatic heterocycles. The van der Waals surface area contributed by atoms with Crippen LogP contribution in [-0.4, -0.2) is 30.7 Å². The van der Waals surface area contributed by atoms with Gasteiger partial charge >= 0.3 is 0 Å². The zero-order valence-electron chi connectivity index (χ0n) is 11.4. The molecule has 0 radical (unpaired) electrons. The molecule has 100 valence electrons. The first-order chi connectivity index (χ1) is 8.65. The monoisotopic (exact) mass is 250 g/mol. The van der Waals surface area contributed by atoms with E-state index in [1.165, 1.54) is 19.3 Å². The summed E-state index contributed by atoms with van der Waals surface area (Å²) in [6.45, 7) is 3.72. The van der Waals surface area contributed by atoms with E-state index in [9.17, 15) is 0 Å². The normalized spacial score (nSPS) is 17.1. The van der Waals surface area contributed by atoms with Gasteiger partial charge in [-0.15, -0.1) is 0 Å². The predicted molar refractivity (Wildman–Crippen MR) is 72.7 cm³/mol. The van der Waals surface area contributed by atoms with Crippen molar-refractivity contribution in [2.45, 2.75) is 32.8 Å². The number of ether oxygens (including phenoxy) is 1. The van der Waals surface area contributed by atoms with E-state index in [-0.39, 0.29) is 0 Å². The van der Waals surface area contributed by atoms with Gasteiger partial charge in [0, 0.05) is 26.8 Å². The SMILES string of the molecule is CNc1cc(NCC2(C)CCC2)nc(COC)n1. The number of hydrogen-bond acceptors (Lipinski definition) is 5. The van der Waals surface area contributed by atoms with Crippen molar-refractivity contribution >= 4 is 11.6 Å². The van der Waals surface area contributed by atoms with E-state index < -0.39 is 0 Å². The van der Waals surface area contributed by atoms with Gasteiger partial charge in [0.25, 0.3) is 0 Å². The van der Waals surface area contributed by atoms with Crippen molar-refractivity contribution in [3.63, 3.8) is 0 Å². The van der Waals surface area contributed by atoms with Crippen molar-refractivity contribution in [1.82, 2.24) is 9.97 Å². The van der Waals surface area contributed by atoms with Gasteiger partial charge in [0.1, 0.15) is 18.2 Å².